The Bertz CT molecular complexity index is 315. The summed E-state index contributed by atoms with van der Waals surface area (Å²) in [5.74, 6) is 1.03. The number of imidazole rings is 1. The number of hydrogen-bond acceptors (Lipinski definition) is 2. The molecule has 1 rings (SSSR count). The van der Waals surface area contributed by atoms with E-state index in [1.54, 1.807) is 0 Å². The molecule has 0 saturated heterocycles. The van der Waals surface area contributed by atoms with Crippen molar-refractivity contribution in [2.45, 2.75) is 46.3 Å². The smallest absolute Gasteiger partial charge is 0.123 e. The molecule has 3 nitrogen and oxygen atoms in total. The molecule has 0 saturated carbocycles. The quantitative estimate of drug-likeness (QED) is 0.570. The number of aryl methyl sites for hydroxylation is 2. The fraction of sp³-hybridized carbons (Fsp3) is 0.727. The van der Waals surface area contributed by atoms with Gasteiger partial charge in [-0.1, -0.05) is 19.6 Å². The predicted molar refractivity (Wildman–Crippen MR) is 65.8 cm³/mol. The zero-order chi connectivity index (χ0) is 11.5. The van der Waals surface area contributed by atoms with Gasteiger partial charge in [0, 0.05) is 20.9 Å². The first-order valence-corrected chi connectivity index (χ1v) is 9.17. The second kappa shape index (κ2) is 4.94. The van der Waals surface area contributed by atoms with E-state index in [4.69, 9.17) is 4.74 Å². The van der Waals surface area contributed by atoms with E-state index in [0.29, 0.717) is 6.73 Å². The van der Waals surface area contributed by atoms with Crippen molar-refractivity contribution in [3.05, 3.63) is 17.7 Å². The molecule has 0 N–H and O–H groups in total. The van der Waals surface area contributed by atoms with Crippen LogP contribution in [0.1, 0.15) is 11.5 Å². The predicted octanol–water partition coefficient (Wildman–Crippen LogP) is 2.81. The van der Waals surface area contributed by atoms with Crippen LogP contribution < -0.4 is 0 Å². The van der Waals surface area contributed by atoms with Gasteiger partial charge in [-0.05, 0) is 19.9 Å². The monoisotopic (exact) mass is 226 g/mol. The maximum Gasteiger partial charge on any atom is 0.123 e. The first-order valence-electron chi connectivity index (χ1n) is 5.46. The Morgan fingerprint density at radius 3 is 2.47 bits per heavy atom. The van der Waals surface area contributed by atoms with E-state index >= 15 is 0 Å². The largest absolute Gasteiger partial charge is 0.361 e. The minimum Gasteiger partial charge on any atom is -0.361 e. The molecule has 86 valence electrons. The number of rotatable bonds is 5. The van der Waals surface area contributed by atoms with Crippen LogP contribution in [0.5, 0.6) is 0 Å². The molecule has 0 unspecified atom stereocenters. The second-order valence-corrected chi connectivity index (χ2v) is 10.9. The maximum absolute atomic E-state index is 5.65. The third-order valence-corrected chi connectivity index (χ3v) is 4.03. The molecule has 0 radical (unpaired) electrons. The van der Waals surface area contributed by atoms with Gasteiger partial charge in [-0.25, -0.2) is 4.98 Å². The van der Waals surface area contributed by atoms with Crippen molar-refractivity contribution in [2.75, 3.05) is 6.61 Å². The van der Waals surface area contributed by atoms with Gasteiger partial charge < -0.3 is 9.30 Å². The van der Waals surface area contributed by atoms with Crippen LogP contribution in [0.15, 0.2) is 6.20 Å². The van der Waals surface area contributed by atoms with Crippen molar-refractivity contribution in [1.29, 1.82) is 0 Å². The zero-order valence-corrected chi connectivity index (χ0v) is 11.5. The van der Waals surface area contributed by atoms with E-state index in [9.17, 15) is 0 Å². The lowest BCUT2D eigenvalue weighted by atomic mass is 10.6. The highest BCUT2D eigenvalue weighted by Crippen LogP contribution is 2.08. The SMILES string of the molecule is Cc1cn(COCC[Si](C)(C)C)c(C)n1. The third kappa shape index (κ3) is 4.62. The summed E-state index contributed by atoms with van der Waals surface area (Å²) in [6, 6.07) is 1.22. The zero-order valence-electron chi connectivity index (χ0n) is 10.5. The fourth-order valence-electron chi connectivity index (χ4n) is 1.34. The van der Waals surface area contributed by atoms with E-state index in [1.807, 2.05) is 20.0 Å². The molecule has 15 heavy (non-hydrogen) atoms. The molecule has 0 fully saturated rings. The summed E-state index contributed by atoms with van der Waals surface area (Å²) in [6.07, 6.45) is 2.03. The highest BCUT2D eigenvalue weighted by Gasteiger charge is 2.12. The summed E-state index contributed by atoms with van der Waals surface area (Å²) in [6.45, 7) is 12.6. The van der Waals surface area contributed by atoms with Gasteiger partial charge >= 0.3 is 0 Å². The van der Waals surface area contributed by atoms with E-state index < -0.39 is 8.07 Å². The summed E-state index contributed by atoms with van der Waals surface area (Å²) in [7, 11) is -0.954. The molecule has 4 heteroatoms. The van der Waals surface area contributed by atoms with Gasteiger partial charge in [0.15, 0.2) is 0 Å². The van der Waals surface area contributed by atoms with Gasteiger partial charge in [0.1, 0.15) is 12.6 Å². The standard InChI is InChI=1S/C11H22N2OSi/c1-10-8-13(11(2)12-10)9-14-6-7-15(3,4)5/h8H,6-7,9H2,1-5H3. The van der Waals surface area contributed by atoms with Crippen LogP contribution in [0, 0.1) is 13.8 Å². The molecule has 1 aromatic rings. The summed E-state index contributed by atoms with van der Waals surface area (Å²) < 4.78 is 7.70. The molecule has 0 atom stereocenters. The van der Waals surface area contributed by atoms with Crippen molar-refractivity contribution in [1.82, 2.24) is 9.55 Å². The molecule has 0 aliphatic carbocycles. The molecule has 0 bridgehead atoms. The van der Waals surface area contributed by atoms with Crippen molar-refractivity contribution in [3.8, 4) is 0 Å². The topological polar surface area (TPSA) is 27.1 Å². The Morgan fingerprint density at radius 1 is 1.33 bits per heavy atom. The Kier molecular flexibility index (Phi) is 4.10. The highest BCUT2D eigenvalue weighted by molar-refractivity contribution is 6.76. The summed E-state index contributed by atoms with van der Waals surface area (Å²) in [5, 5.41) is 0. The van der Waals surface area contributed by atoms with Gasteiger partial charge in [-0.2, -0.15) is 0 Å². The van der Waals surface area contributed by atoms with Crippen LogP contribution >= 0.6 is 0 Å². The van der Waals surface area contributed by atoms with Crippen LogP contribution in [0.3, 0.4) is 0 Å². The van der Waals surface area contributed by atoms with Crippen molar-refractivity contribution in [2.24, 2.45) is 0 Å². The highest BCUT2D eigenvalue weighted by atomic mass is 28.3. The average molecular weight is 226 g/mol. The van der Waals surface area contributed by atoms with Gasteiger partial charge in [0.25, 0.3) is 0 Å². The summed E-state index contributed by atoms with van der Waals surface area (Å²) >= 11 is 0. The van der Waals surface area contributed by atoms with Crippen LogP contribution in [0.2, 0.25) is 25.7 Å². The van der Waals surface area contributed by atoms with Crippen molar-refractivity contribution >= 4 is 8.07 Å². The van der Waals surface area contributed by atoms with Crippen molar-refractivity contribution < 1.29 is 4.74 Å². The van der Waals surface area contributed by atoms with Crippen molar-refractivity contribution in [3.63, 3.8) is 0 Å². The second-order valence-electron chi connectivity index (χ2n) is 5.25. The number of ether oxygens (including phenoxy) is 1. The average Bonchev–Trinajstić information content (AvgIpc) is 2.37. The Labute approximate surface area is 93.5 Å². The molecule has 0 spiro atoms. The lowest BCUT2D eigenvalue weighted by Gasteiger charge is -2.15. The van der Waals surface area contributed by atoms with Gasteiger partial charge in [0.2, 0.25) is 0 Å². The third-order valence-electron chi connectivity index (χ3n) is 2.32. The van der Waals surface area contributed by atoms with Gasteiger partial charge in [-0.15, -0.1) is 0 Å². The Balaban J connectivity index is 2.29. The molecule has 0 aliphatic rings. The van der Waals surface area contributed by atoms with Crippen LogP contribution in [0.4, 0.5) is 0 Å². The molecule has 1 aromatic heterocycles. The van der Waals surface area contributed by atoms with E-state index in [-0.39, 0.29) is 0 Å². The van der Waals surface area contributed by atoms with E-state index in [2.05, 4.69) is 29.2 Å². The van der Waals surface area contributed by atoms with Crippen LogP contribution in [0.25, 0.3) is 0 Å². The molecule has 0 amide bonds. The molecule has 0 aliphatic heterocycles. The molecule has 1 heterocycles. The number of aromatic nitrogens is 2. The van der Waals surface area contributed by atoms with Crippen LogP contribution in [-0.2, 0) is 11.5 Å². The molecular formula is C11H22N2OSi. The van der Waals surface area contributed by atoms with E-state index in [0.717, 1.165) is 18.1 Å². The summed E-state index contributed by atoms with van der Waals surface area (Å²) in [4.78, 5) is 4.33. The Morgan fingerprint density at radius 2 is 2.00 bits per heavy atom. The molecule has 0 aromatic carbocycles. The van der Waals surface area contributed by atoms with Gasteiger partial charge in [-0.3, -0.25) is 0 Å². The number of nitrogens with zero attached hydrogens (tertiary/aromatic N) is 2. The maximum atomic E-state index is 5.65. The minimum absolute atomic E-state index is 0.636. The minimum atomic E-state index is -0.954. The fourth-order valence-corrected chi connectivity index (χ4v) is 2.10. The first-order chi connectivity index (χ1) is 6.88. The normalized spacial score (nSPS) is 12.1. The van der Waals surface area contributed by atoms with Gasteiger partial charge in [0.05, 0.1) is 5.69 Å². The van der Waals surface area contributed by atoms with Crippen LogP contribution in [-0.4, -0.2) is 24.2 Å². The van der Waals surface area contributed by atoms with E-state index in [1.165, 1.54) is 6.04 Å². The molecular weight excluding hydrogens is 204 g/mol. The summed E-state index contributed by atoms with van der Waals surface area (Å²) in [5.41, 5.74) is 1.06. The lowest BCUT2D eigenvalue weighted by molar-refractivity contribution is 0.0857. The lowest BCUT2D eigenvalue weighted by Crippen LogP contribution is -2.22. The number of hydrogen-bond donors (Lipinski definition) is 0. The first kappa shape index (κ1) is 12.5. The Hall–Kier alpha value is -0.613.